The standard InChI is InChI=1S/C17H18N2OS/c1-2-11-20-15-10-6-9-14-16(15)18-17(21)19(14)12-13-7-4-3-5-8-13/h3-10H,2,11-12H2,1H3,(H,18,21). The summed E-state index contributed by atoms with van der Waals surface area (Å²) in [5.74, 6) is 0.868. The van der Waals surface area contributed by atoms with Crippen LogP contribution in [0.2, 0.25) is 0 Å². The molecule has 0 unspecified atom stereocenters. The molecule has 21 heavy (non-hydrogen) atoms. The van der Waals surface area contributed by atoms with E-state index in [1.165, 1.54) is 5.56 Å². The molecule has 0 spiro atoms. The molecule has 3 rings (SSSR count). The maximum Gasteiger partial charge on any atom is 0.178 e. The van der Waals surface area contributed by atoms with Crippen molar-refractivity contribution >= 4 is 23.3 Å². The van der Waals surface area contributed by atoms with Crippen molar-refractivity contribution in [3.63, 3.8) is 0 Å². The summed E-state index contributed by atoms with van der Waals surface area (Å²) in [6, 6.07) is 16.4. The fourth-order valence-corrected chi connectivity index (χ4v) is 2.67. The van der Waals surface area contributed by atoms with Crippen molar-refractivity contribution in [2.24, 2.45) is 0 Å². The van der Waals surface area contributed by atoms with E-state index in [0.717, 1.165) is 34.5 Å². The Kier molecular flexibility index (Phi) is 4.06. The Morgan fingerprint density at radius 2 is 1.90 bits per heavy atom. The fraction of sp³-hybridized carbons (Fsp3) is 0.235. The maximum atomic E-state index is 5.80. The molecule has 1 N–H and O–H groups in total. The van der Waals surface area contributed by atoms with Crippen LogP contribution in [0.4, 0.5) is 0 Å². The van der Waals surface area contributed by atoms with Gasteiger partial charge in [-0.05, 0) is 36.3 Å². The summed E-state index contributed by atoms with van der Waals surface area (Å²) in [4.78, 5) is 3.28. The molecule has 3 aromatic rings. The number of hydrogen-bond donors (Lipinski definition) is 1. The molecule has 0 aliphatic heterocycles. The SMILES string of the molecule is CCCOc1cccc2c1[nH]c(=S)n2Cc1ccccc1. The van der Waals surface area contributed by atoms with Crippen LogP contribution in [0.3, 0.4) is 0 Å². The van der Waals surface area contributed by atoms with Gasteiger partial charge in [-0.15, -0.1) is 0 Å². The van der Waals surface area contributed by atoms with E-state index in [-0.39, 0.29) is 0 Å². The van der Waals surface area contributed by atoms with Crippen molar-refractivity contribution in [3.8, 4) is 5.75 Å². The molecule has 108 valence electrons. The monoisotopic (exact) mass is 298 g/mol. The Morgan fingerprint density at radius 3 is 2.67 bits per heavy atom. The molecule has 1 heterocycles. The second-order valence-electron chi connectivity index (χ2n) is 5.00. The third-order valence-corrected chi connectivity index (χ3v) is 3.74. The van der Waals surface area contributed by atoms with Crippen LogP contribution in [0.25, 0.3) is 11.0 Å². The predicted molar refractivity (Wildman–Crippen MR) is 88.5 cm³/mol. The first-order valence-corrected chi connectivity index (χ1v) is 7.58. The van der Waals surface area contributed by atoms with Gasteiger partial charge >= 0.3 is 0 Å². The van der Waals surface area contributed by atoms with Crippen LogP contribution in [0, 0.1) is 4.77 Å². The lowest BCUT2D eigenvalue weighted by Gasteiger charge is -2.07. The Morgan fingerprint density at radius 1 is 1.10 bits per heavy atom. The maximum absolute atomic E-state index is 5.80. The molecule has 2 aromatic carbocycles. The Labute approximate surface area is 129 Å². The van der Waals surface area contributed by atoms with Gasteiger partial charge in [0.05, 0.1) is 18.7 Å². The third kappa shape index (κ3) is 2.85. The van der Waals surface area contributed by atoms with E-state index in [9.17, 15) is 0 Å². The molecule has 0 aliphatic carbocycles. The minimum absolute atomic E-state index is 0.712. The van der Waals surface area contributed by atoms with Gasteiger partial charge in [-0.3, -0.25) is 0 Å². The smallest absolute Gasteiger partial charge is 0.178 e. The number of rotatable bonds is 5. The van der Waals surface area contributed by atoms with E-state index in [2.05, 4.69) is 34.7 Å². The van der Waals surface area contributed by atoms with Crippen LogP contribution in [0.15, 0.2) is 48.5 Å². The van der Waals surface area contributed by atoms with Crippen LogP contribution in [-0.2, 0) is 6.54 Å². The average molecular weight is 298 g/mol. The predicted octanol–water partition coefficient (Wildman–Crippen LogP) is 4.54. The second-order valence-corrected chi connectivity index (χ2v) is 5.39. The van der Waals surface area contributed by atoms with Crippen molar-refractivity contribution in [1.82, 2.24) is 9.55 Å². The van der Waals surface area contributed by atoms with Crippen molar-refractivity contribution < 1.29 is 4.74 Å². The lowest BCUT2D eigenvalue weighted by molar-refractivity contribution is 0.320. The molecule has 0 aliphatic rings. The van der Waals surface area contributed by atoms with E-state index in [1.54, 1.807) is 0 Å². The zero-order valence-electron chi connectivity index (χ0n) is 12.0. The van der Waals surface area contributed by atoms with Crippen molar-refractivity contribution in [3.05, 3.63) is 58.9 Å². The molecule has 0 saturated heterocycles. The van der Waals surface area contributed by atoms with E-state index >= 15 is 0 Å². The number of aromatic amines is 1. The Bertz CT molecular complexity index is 789. The quantitative estimate of drug-likeness (QED) is 0.701. The van der Waals surface area contributed by atoms with E-state index < -0.39 is 0 Å². The largest absolute Gasteiger partial charge is 0.491 e. The molecule has 0 amide bonds. The number of fused-ring (bicyclic) bond motifs is 1. The van der Waals surface area contributed by atoms with Gasteiger partial charge in [0, 0.05) is 0 Å². The summed E-state index contributed by atoms with van der Waals surface area (Å²) in [5.41, 5.74) is 3.29. The number of ether oxygens (including phenoxy) is 1. The van der Waals surface area contributed by atoms with Crippen molar-refractivity contribution in [1.29, 1.82) is 0 Å². The van der Waals surface area contributed by atoms with Gasteiger partial charge in [0.1, 0.15) is 11.3 Å². The number of para-hydroxylation sites is 1. The summed E-state index contributed by atoms with van der Waals surface area (Å²) in [6.07, 6.45) is 0.988. The molecule has 4 heteroatoms. The van der Waals surface area contributed by atoms with Crippen LogP contribution in [-0.4, -0.2) is 16.2 Å². The number of H-pyrrole nitrogens is 1. The number of imidazole rings is 1. The Balaban J connectivity index is 2.03. The van der Waals surface area contributed by atoms with Crippen molar-refractivity contribution in [2.75, 3.05) is 6.61 Å². The highest BCUT2D eigenvalue weighted by Crippen LogP contribution is 2.25. The van der Waals surface area contributed by atoms with Gasteiger partial charge < -0.3 is 14.3 Å². The second kappa shape index (κ2) is 6.14. The molecule has 1 aromatic heterocycles. The van der Waals surface area contributed by atoms with Gasteiger partial charge in [-0.1, -0.05) is 43.3 Å². The lowest BCUT2D eigenvalue weighted by atomic mass is 10.2. The van der Waals surface area contributed by atoms with Crippen LogP contribution in [0.5, 0.6) is 5.75 Å². The lowest BCUT2D eigenvalue weighted by Crippen LogP contribution is -1.99. The molecular formula is C17H18N2OS. The average Bonchev–Trinajstić information content (AvgIpc) is 2.83. The number of aromatic nitrogens is 2. The van der Waals surface area contributed by atoms with E-state index in [0.29, 0.717) is 6.61 Å². The minimum Gasteiger partial charge on any atom is -0.491 e. The third-order valence-electron chi connectivity index (χ3n) is 3.42. The Hall–Kier alpha value is -2.07. The summed E-state index contributed by atoms with van der Waals surface area (Å²) in [7, 11) is 0. The normalized spacial score (nSPS) is 10.9. The zero-order valence-corrected chi connectivity index (χ0v) is 12.8. The first-order chi connectivity index (χ1) is 10.3. The fourth-order valence-electron chi connectivity index (χ4n) is 2.41. The van der Waals surface area contributed by atoms with Gasteiger partial charge in [-0.2, -0.15) is 0 Å². The molecule has 3 nitrogen and oxygen atoms in total. The number of benzene rings is 2. The van der Waals surface area contributed by atoms with E-state index in [4.69, 9.17) is 17.0 Å². The van der Waals surface area contributed by atoms with E-state index in [1.807, 2.05) is 30.3 Å². The highest BCUT2D eigenvalue weighted by Gasteiger charge is 2.09. The number of nitrogens with zero attached hydrogens (tertiary/aromatic N) is 1. The van der Waals surface area contributed by atoms with Crippen LogP contribution >= 0.6 is 12.2 Å². The number of hydrogen-bond acceptors (Lipinski definition) is 2. The van der Waals surface area contributed by atoms with Gasteiger partial charge in [-0.25, -0.2) is 0 Å². The van der Waals surface area contributed by atoms with Gasteiger partial charge in [0.2, 0.25) is 0 Å². The summed E-state index contributed by atoms with van der Waals surface area (Å²) in [5, 5.41) is 0. The van der Waals surface area contributed by atoms with Crippen molar-refractivity contribution in [2.45, 2.75) is 19.9 Å². The summed E-state index contributed by atoms with van der Waals surface area (Å²) >= 11 is 5.48. The first-order valence-electron chi connectivity index (χ1n) is 7.18. The van der Waals surface area contributed by atoms with Gasteiger partial charge in [0.15, 0.2) is 4.77 Å². The summed E-state index contributed by atoms with van der Waals surface area (Å²) < 4.78 is 8.63. The molecule has 0 bridgehead atoms. The zero-order chi connectivity index (χ0) is 14.7. The number of nitrogens with one attached hydrogen (secondary N) is 1. The molecule has 0 saturated carbocycles. The minimum atomic E-state index is 0.712. The van der Waals surface area contributed by atoms with Crippen LogP contribution in [0.1, 0.15) is 18.9 Å². The molecule has 0 fully saturated rings. The highest BCUT2D eigenvalue weighted by atomic mass is 32.1. The molecule has 0 radical (unpaired) electrons. The van der Waals surface area contributed by atoms with Crippen LogP contribution < -0.4 is 4.74 Å². The highest BCUT2D eigenvalue weighted by molar-refractivity contribution is 7.71. The van der Waals surface area contributed by atoms with Gasteiger partial charge in [0.25, 0.3) is 0 Å². The topological polar surface area (TPSA) is 29.9 Å². The summed E-state index contributed by atoms with van der Waals surface area (Å²) in [6.45, 7) is 3.57. The first kappa shape index (κ1) is 13.9. The molecular weight excluding hydrogens is 280 g/mol. The molecule has 0 atom stereocenters.